The standard InChI is InChI=1S/C20H22ClNO2/c1-24-20-9-8-16(12-18(20)21)19(23)11-14-4-6-15(7-5-14)17-3-2-10-22-13-17/h4-9,12,17,22H,2-3,10-11,13H2,1H3/t17-/m1/s1. The second-order valence-corrected chi connectivity index (χ2v) is 6.64. The summed E-state index contributed by atoms with van der Waals surface area (Å²) < 4.78 is 5.12. The van der Waals surface area contributed by atoms with Gasteiger partial charge in [0.05, 0.1) is 12.1 Å². The first-order chi connectivity index (χ1) is 11.7. The van der Waals surface area contributed by atoms with Crippen molar-refractivity contribution in [3.63, 3.8) is 0 Å². The van der Waals surface area contributed by atoms with E-state index >= 15 is 0 Å². The van der Waals surface area contributed by atoms with Crippen LogP contribution in [0.25, 0.3) is 0 Å². The van der Waals surface area contributed by atoms with Crippen LogP contribution in [0.1, 0.15) is 40.2 Å². The van der Waals surface area contributed by atoms with Gasteiger partial charge >= 0.3 is 0 Å². The number of Topliss-reactive ketones (excluding diaryl/α,β-unsaturated/α-hetero) is 1. The maximum atomic E-state index is 12.4. The molecule has 2 aromatic carbocycles. The highest BCUT2D eigenvalue weighted by Gasteiger charge is 2.15. The van der Waals surface area contributed by atoms with E-state index in [-0.39, 0.29) is 5.78 Å². The summed E-state index contributed by atoms with van der Waals surface area (Å²) >= 11 is 6.10. The fourth-order valence-corrected chi connectivity index (χ4v) is 3.43. The van der Waals surface area contributed by atoms with Crippen LogP contribution in [0.4, 0.5) is 0 Å². The van der Waals surface area contributed by atoms with Gasteiger partial charge in [0, 0.05) is 18.5 Å². The lowest BCUT2D eigenvalue weighted by Crippen LogP contribution is -2.28. The van der Waals surface area contributed by atoms with Gasteiger partial charge in [-0.25, -0.2) is 0 Å². The Morgan fingerprint density at radius 3 is 2.67 bits per heavy atom. The van der Waals surface area contributed by atoms with Crippen LogP contribution in [0.3, 0.4) is 0 Å². The minimum atomic E-state index is 0.0617. The van der Waals surface area contributed by atoms with Crippen LogP contribution >= 0.6 is 11.6 Å². The van der Waals surface area contributed by atoms with Gasteiger partial charge in [0.1, 0.15) is 5.75 Å². The summed E-state index contributed by atoms with van der Waals surface area (Å²) in [6, 6.07) is 13.6. The van der Waals surface area contributed by atoms with Gasteiger partial charge in [-0.2, -0.15) is 0 Å². The molecule has 1 fully saturated rings. The lowest BCUT2D eigenvalue weighted by molar-refractivity contribution is 0.0993. The van der Waals surface area contributed by atoms with Gasteiger partial charge in [0.2, 0.25) is 0 Å². The SMILES string of the molecule is COc1ccc(C(=O)Cc2ccc([C@@H]3CCCNC3)cc2)cc1Cl. The molecule has 0 unspecified atom stereocenters. The number of rotatable bonds is 5. The first kappa shape index (κ1) is 17.0. The molecule has 2 aromatic rings. The number of piperidine rings is 1. The van der Waals surface area contributed by atoms with Gasteiger partial charge in [-0.1, -0.05) is 35.9 Å². The van der Waals surface area contributed by atoms with Crippen LogP contribution in [0.2, 0.25) is 5.02 Å². The fraction of sp³-hybridized carbons (Fsp3) is 0.350. The molecule has 1 aliphatic rings. The van der Waals surface area contributed by atoms with E-state index in [4.69, 9.17) is 16.3 Å². The van der Waals surface area contributed by atoms with Gasteiger partial charge in [-0.15, -0.1) is 0 Å². The normalized spacial score (nSPS) is 17.5. The summed E-state index contributed by atoms with van der Waals surface area (Å²) in [5.41, 5.74) is 2.99. The number of hydrogen-bond donors (Lipinski definition) is 1. The Labute approximate surface area is 148 Å². The summed E-state index contributed by atoms with van der Waals surface area (Å²) in [6.45, 7) is 2.16. The minimum Gasteiger partial charge on any atom is -0.495 e. The van der Waals surface area contributed by atoms with Crippen LogP contribution in [0.15, 0.2) is 42.5 Å². The number of hydrogen-bond acceptors (Lipinski definition) is 3. The topological polar surface area (TPSA) is 38.3 Å². The zero-order valence-corrected chi connectivity index (χ0v) is 14.6. The second kappa shape index (κ2) is 7.82. The highest BCUT2D eigenvalue weighted by Crippen LogP contribution is 2.26. The molecule has 1 N–H and O–H groups in total. The van der Waals surface area contributed by atoms with Gasteiger partial charge in [0.25, 0.3) is 0 Å². The average Bonchev–Trinajstić information content (AvgIpc) is 2.63. The van der Waals surface area contributed by atoms with Gasteiger partial charge in [-0.05, 0) is 54.6 Å². The van der Waals surface area contributed by atoms with Crippen molar-refractivity contribution in [2.24, 2.45) is 0 Å². The van der Waals surface area contributed by atoms with E-state index in [1.54, 1.807) is 25.3 Å². The number of ether oxygens (including phenoxy) is 1. The summed E-state index contributed by atoms with van der Waals surface area (Å²) in [5.74, 6) is 1.23. The van der Waals surface area contributed by atoms with Crippen molar-refractivity contribution in [1.82, 2.24) is 5.32 Å². The Kier molecular flexibility index (Phi) is 5.54. The first-order valence-electron chi connectivity index (χ1n) is 8.33. The molecule has 3 rings (SSSR count). The van der Waals surface area contributed by atoms with E-state index in [1.807, 2.05) is 0 Å². The van der Waals surface area contributed by atoms with Crippen molar-refractivity contribution in [3.05, 3.63) is 64.2 Å². The summed E-state index contributed by atoms with van der Waals surface area (Å²) in [5, 5.41) is 3.90. The van der Waals surface area contributed by atoms with E-state index in [0.29, 0.717) is 28.7 Å². The number of nitrogens with one attached hydrogen (secondary N) is 1. The second-order valence-electron chi connectivity index (χ2n) is 6.23. The zero-order chi connectivity index (χ0) is 16.9. The molecule has 1 aliphatic heterocycles. The molecule has 0 radical (unpaired) electrons. The van der Waals surface area contributed by atoms with Crippen molar-refractivity contribution in [1.29, 1.82) is 0 Å². The van der Waals surface area contributed by atoms with E-state index in [0.717, 1.165) is 18.7 Å². The molecule has 0 bridgehead atoms. The summed E-state index contributed by atoms with van der Waals surface area (Å²) in [7, 11) is 1.56. The molecule has 1 saturated heterocycles. The Morgan fingerprint density at radius 2 is 2.04 bits per heavy atom. The molecule has 1 heterocycles. The van der Waals surface area contributed by atoms with Crippen molar-refractivity contribution in [2.45, 2.75) is 25.2 Å². The number of carbonyl (C=O) groups is 1. The van der Waals surface area contributed by atoms with Crippen molar-refractivity contribution >= 4 is 17.4 Å². The molecule has 0 spiro atoms. The Morgan fingerprint density at radius 1 is 1.25 bits per heavy atom. The minimum absolute atomic E-state index is 0.0617. The number of carbonyl (C=O) groups excluding carboxylic acids is 1. The quantitative estimate of drug-likeness (QED) is 0.825. The Bertz CT molecular complexity index is 706. The predicted molar refractivity (Wildman–Crippen MR) is 97.3 cm³/mol. The zero-order valence-electron chi connectivity index (χ0n) is 13.8. The van der Waals surface area contributed by atoms with Gasteiger partial charge < -0.3 is 10.1 Å². The van der Waals surface area contributed by atoms with Crippen LogP contribution in [0, 0.1) is 0 Å². The third-order valence-electron chi connectivity index (χ3n) is 4.59. The van der Waals surface area contributed by atoms with Crippen molar-refractivity contribution in [3.8, 4) is 5.75 Å². The molecule has 126 valence electrons. The molecule has 4 heteroatoms. The highest BCUT2D eigenvalue weighted by molar-refractivity contribution is 6.32. The molecule has 0 saturated carbocycles. The van der Waals surface area contributed by atoms with Crippen molar-refractivity contribution in [2.75, 3.05) is 20.2 Å². The van der Waals surface area contributed by atoms with Crippen molar-refractivity contribution < 1.29 is 9.53 Å². The Balaban J connectivity index is 1.67. The molecule has 0 aromatic heterocycles. The smallest absolute Gasteiger partial charge is 0.167 e. The molecular weight excluding hydrogens is 322 g/mol. The number of ketones is 1. The van der Waals surface area contributed by atoms with Crippen LogP contribution in [0.5, 0.6) is 5.75 Å². The van der Waals surface area contributed by atoms with E-state index < -0.39 is 0 Å². The fourth-order valence-electron chi connectivity index (χ4n) is 3.17. The van der Waals surface area contributed by atoms with E-state index in [2.05, 4.69) is 29.6 Å². The van der Waals surface area contributed by atoms with Crippen LogP contribution < -0.4 is 10.1 Å². The third kappa shape index (κ3) is 3.97. The summed E-state index contributed by atoms with van der Waals surface area (Å²) in [6.07, 6.45) is 2.84. The molecule has 0 aliphatic carbocycles. The predicted octanol–water partition coefficient (Wildman–Crippen LogP) is 4.24. The molecule has 0 amide bonds. The Hall–Kier alpha value is -1.84. The first-order valence-corrected chi connectivity index (χ1v) is 8.71. The third-order valence-corrected chi connectivity index (χ3v) is 4.88. The van der Waals surface area contributed by atoms with Gasteiger partial charge in [0.15, 0.2) is 5.78 Å². The monoisotopic (exact) mass is 343 g/mol. The average molecular weight is 344 g/mol. The van der Waals surface area contributed by atoms with Crippen LogP contribution in [-0.4, -0.2) is 26.0 Å². The van der Waals surface area contributed by atoms with E-state index in [1.165, 1.54) is 18.4 Å². The maximum absolute atomic E-state index is 12.4. The largest absolute Gasteiger partial charge is 0.495 e. The highest BCUT2D eigenvalue weighted by atomic mass is 35.5. The molecular formula is C20H22ClNO2. The maximum Gasteiger partial charge on any atom is 0.167 e. The number of halogens is 1. The van der Waals surface area contributed by atoms with Crippen LogP contribution in [-0.2, 0) is 6.42 Å². The number of benzene rings is 2. The molecule has 24 heavy (non-hydrogen) atoms. The van der Waals surface area contributed by atoms with E-state index in [9.17, 15) is 4.79 Å². The molecule has 3 nitrogen and oxygen atoms in total. The lowest BCUT2D eigenvalue weighted by atomic mass is 9.90. The lowest BCUT2D eigenvalue weighted by Gasteiger charge is -2.23. The molecule has 1 atom stereocenters. The number of methoxy groups -OCH3 is 1. The summed E-state index contributed by atoms with van der Waals surface area (Å²) in [4.78, 5) is 12.4. The van der Waals surface area contributed by atoms with Gasteiger partial charge in [-0.3, -0.25) is 4.79 Å².